The maximum Gasteiger partial charge on any atom is 0.166 e. The lowest BCUT2D eigenvalue weighted by Gasteiger charge is -2.42. The van der Waals surface area contributed by atoms with Gasteiger partial charge in [-0.2, -0.15) is 0 Å². The van der Waals surface area contributed by atoms with E-state index in [9.17, 15) is 9.18 Å². The molecule has 1 aromatic rings. The summed E-state index contributed by atoms with van der Waals surface area (Å²) in [4.78, 5) is 15.0. The Morgan fingerprint density at radius 3 is 2.68 bits per heavy atom. The smallest absolute Gasteiger partial charge is 0.166 e. The topological polar surface area (TPSA) is 20.3 Å². The highest BCUT2D eigenvalue weighted by atomic mass is 19.1. The molecule has 0 saturated carbocycles. The SMILES string of the molecule is O=C(c1ccc(F)cc1)[C@@H]1CCN2CCCC[C@H]2C1. The minimum atomic E-state index is -0.279. The van der Waals surface area contributed by atoms with E-state index in [2.05, 4.69) is 4.90 Å². The molecule has 1 aromatic carbocycles. The zero-order chi connectivity index (χ0) is 13.2. The van der Waals surface area contributed by atoms with Crippen LogP contribution in [0.15, 0.2) is 24.3 Å². The molecule has 19 heavy (non-hydrogen) atoms. The number of Topliss-reactive ketones (excluding diaryl/α,β-unsaturated/α-hetero) is 1. The van der Waals surface area contributed by atoms with Crippen molar-refractivity contribution in [1.82, 2.24) is 4.90 Å². The van der Waals surface area contributed by atoms with Gasteiger partial charge in [0.15, 0.2) is 5.78 Å². The second kappa shape index (κ2) is 5.41. The standard InChI is InChI=1S/C16H20FNO/c17-14-6-4-12(5-7-14)16(19)13-8-10-18-9-2-1-3-15(18)11-13/h4-7,13,15H,1-3,8-11H2/t13-,15+/m1/s1. The average molecular weight is 261 g/mol. The van der Waals surface area contributed by atoms with Gasteiger partial charge in [0, 0.05) is 17.5 Å². The van der Waals surface area contributed by atoms with Gasteiger partial charge in [-0.25, -0.2) is 4.39 Å². The van der Waals surface area contributed by atoms with Gasteiger partial charge in [0.2, 0.25) is 0 Å². The predicted octanol–water partition coefficient (Wildman–Crippen LogP) is 3.27. The maximum atomic E-state index is 12.9. The molecular weight excluding hydrogens is 241 g/mol. The summed E-state index contributed by atoms with van der Waals surface area (Å²) in [5, 5.41) is 0. The number of carbonyl (C=O) groups excluding carboxylic acids is 1. The number of hydrogen-bond donors (Lipinski definition) is 0. The van der Waals surface area contributed by atoms with Crippen molar-refractivity contribution < 1.29 is 9.18 Å². The van der Waals surface area contributed by atoms with Crippen LogP contribution in [-0.4, -0.2) is 29.8 Å². The van der Waals surface area contributed by atoms with E-state index in [1.165, 1.54) is 37.9 Å². The van der Waals surface area contributed by atoms with Gasteiger partial charge < -0.3 is 4.90 Å². The van der Waals surface area contributed by atoms with E-state index in [-0.39, 0.29) is 17.5 Å². The Balaban J connectivity index is 1.69. The Morgan fingerprint density at radius 1 is 1.11 bits per heavy atom. The van der Waals surface area contributed by atoms with Crippen molar-refractivity contribution in [2.24, 2.45) is 5.92 Å². The van der Waals surface area contributed by atoms with Crippen LogP contribution in [0.4, 0.5) is 4.39 Å². The summed E-state index contributed by atoms with van der Waals surface area (Å²) < 4.78 is 12.9. The predicted molar refractivity (Wildman–Crippen MR) is 72.7 cm³/mol. The van der Waals surface area contributed by atoms with E-state index in [0.29, 0.717) is 11.6 Å². The van der Waals surface area contributed by atoms with Gasteiger partial charge in [0.05, 0.1) is 0 Å². The van der Waals surface area contributed by atoms with Gasteiger partial charge >= 0.3 is 0 Å². The van der Waals surface area contributed by atoms with E-state index in [1.807, 2.05) is 0 Å². The van der Waals surface area contributed by atoms with E-state index in [4.69, 9.17) is 0 Å². The molecule has 2 nitrogen and oxygen atoms in total. The van der Waals surface area contributed by atoms with Crippen molar-refractivity contribution in [3.8, 4) is 0 Å². The van der Waals surface area contributed by atoms with Crippen LogP contribution < -0.4 is 0 Å². The summed E-state index contributed by atoms with van der Waals surface area (Å²) in [5.74, 6) is 0.0497. The molecule has 2 heterocycles. The summed E-state index contributed by atoms with van der Waals surface area (Å²) in [5.41, 5.74) is 0.663. The number of hydrogen-bond acceptors (Lipinski definition) is 2. The van der Waals surface area contributed by atoms with Crippen molar-refractivity contribution in [3.05, 3.63) is 35.6 Å². The molecule has 2 saturated heterocycles. The molecule has 3 rings (SSSR count). The molecule has 2 aliphatic rings. The van der Waals surface area contributed by atoms with Crippen LogP contribution >= 0.6 is 0 Å². The Bertz CT molecular complexity index is 456. The van der Waals surface area contributed by atoms with Gasteiger partial charge in [-0.05, 0) is 63.0 Å². The number of benzene rings is 1. The first-order valence-electron chi connectivity index (χ1n) is 7.28. The molecule has 2 atom stereocenters. The third kappa shape index (κ3) is 2.71. The molecule has 2 fully saturated rings. The van der Waals surface area contributed by atoms with Crippen LogP contribution in [0.2, 0.25) is 0 Å². The molecule has 2 aliphatic heterocycles. The Kier molecular flexibility index (Phi) is 3.65. The van der Waals surface area contributed by atoms with Crippen LogP contribution in [0.3, 0.4) is 0 Å². The van der Waals surface area contributed by atoms with Crippen LogP contribution in [0.5, 0.6) is 0 Å². The fraction of sp³-hybridized carbons (Fsp3) is 0.562. The quantitative estimate of drug-likeness (QED) is 0.761. The van der Waals surface area contributed by atoms with Gasteiger partial charge in [-0.1, -0.05) is 6.42 Å². The van der Waals surface area contributed by atoms with Crippen molar-refractivity contribution in [1.29, 1.82) is 0 Å². The van der Waals surface area contributed by atoms with Crippen LogP contribution in [0.25, 0.3) is 0 Å². The Hall–Kier alpha value is -1.22. The van der Waals surface area contributed by atoms with Gasteiger partial charge in [-0.15, -0.1) is 0 Å². The van der Waals surface area contributed by atoms with E-state index in [0.717, 1.165) is 19.4 Å². The summed E-state index contributed by atoms with van der Waals surface area (Å²) in [6.07, 6.45) is 5.75. The molecule has 0 aromatic heterocycles. The van der Waals surface area contributed by atoms with Crippen LogP contribution in [-0.2, 0) is 0 Å². The van der Waals surface area contributed by atoms with Crippen molar-refractivity contribution in [2.45, 2.75) is 38.1 Å². The number of carbonyl (C=O) groups is 1. The van der Waals surface area contributed by atoms with Crippen molar-refractivity contribution >= 4 is 5.78 Å². The molecule has 0 unspecified atom stereocenters. The van der Waals surface area contributed by atoms with Gasteiger partial charge in [0.1, 0.15) is 5.82 Å². The van der Waals surface area contributed by atoms with E-state index in [1.54, 1.807) is 12.1 Å². The molecule has 102 valence electrons. The lowest BCUT2D eigenvalue weighted by molar-refractivity contribution is 0.0615. The van der Waals surface area contributed by atoms with Crippen molar-refractivity contribution in [2.75, 3.05) is 13.1 Å². The molecule has 3 heteroatoms. The molecule has 0 bridgehead atoms. The zero-order valence-corrected chi connectivity index (χ0v) is 11.1. The fourth-order valence-electron chi connectivity index (χ4n) is 3.48. The number of nitrogens with zero attached hydrogens (tertiary/aromatic N) is 1. The monoisotopic (exact) mass is 261 g/mol. The maximum absolute atomic E-state index is 12.9. The van der Waals surface area contributed by atoms with Crippen LogP contribution in [0.1, 0.15) is 42.5 Å². The minimum Gasteiger partial charge on any atom is -0.300 e. The first-order chi connectivity index (χ1) is 9.24. The highest BCUT2D eigenvalue weighted by Crippen LogP contribution is 2.31. The molecule has 0 aliphatic carbocycles. The van der Waals surface area contributed by atoms with E-state index < -0.39 is 0 Å². The summed E-state index contributed by atoms with van der Waals surface area (Å²) in [6.45, 7) is 2.24. The number of halogens is 1. The Labute approximate surface area is 113 Å². The number of rotatable bonds is 2. The largest absolute Gasteiger partial charge is 0.300 e. The lowest BCUT2D eigenvalue weighted by atomic mass is 9.82. The Morgan fingerprint density at radius 2 is 1.89 bits per heavy atom. The number of ketones is 1. The third-order valence-corrected chi connectivity index (χ3v) is 4.57. The average Bonchev–Trinajstić information content (AvgIpc) is 2.47. The van der Waals surface area contributed by atoms with Crippen molar-refractivity contribution in [3.63, 3.8) is 0 Å². The summed E-state index contributed by atoms with van der Waals surface area (Å²) >= 11 is 0. The minimum absolute atomic E-state index is 0.129. The molecule has 0 spiro atoms. The van der Waals surface area contributed by atoms with Gasteiger partial charge in [-0.3, -0.25) is 4.79 Å². The second-order valence-corrected chi connectivity index (χ2v) is 5.78. The highest BCUT2D eigenvalue weighted by Gasteiger charge is 2.33. The summed E-state index contributed by atoms with van der Waals surface area (Å²) in [6, 6.07) is 6.58. The second-order valence-electron chi connectivity index (χ2n) is 5.78. The number of fused-ring (bicyclic) bond motifs is 1. The molecule has 0 amide bonds. The first-order valence-corrected chi connectivity index (χ1v) is 7.28. The zero-order valence-electron chi connectivity index (χ0n) is 11.1. The van der Waals surface area contributed by atoms with Gasteiger partial charge in [0.25, 0.3) is 0 Å². The molecular formula is C16H20FNO. The molecule has 0 radical (unpaired) electrons. The lowest BCUT2D eigenvalue weighted by Crippen LogP contribution is -2.46. The third-order valence-electron chi connectivity index (χ3n) is 4.57. The van der Waals surface area contributed by atoms with Crippen LogP contribution in [0, 0.1) is 11.7 Å². The van der Waals surface area contributed by atoms with E-state index >= 15 is 0 Å². The first kappa shape index (κ1) is 12.8. The number of piperidine rings is 2. The normalized spacial score (nSPS) is 27.8. The fourth-order valence-corrected chi connectivity index (χ4v) is 3.48. The molecule has 0 N–H and O–H groups in total. The highest BCUT2D eigenvalue weighted by molar-refractivity contribution is 5.97. The summed E-state index contributed by atoms with van der Waals surface area (Å²) in [7, 11) is 0.